The quantitative estimate of drug-likeness (QED) is 0.618. The third-order valence-electron chi connectivity index (χ3n) is 3.44. The first-order valence-corrected chi connectivity index (χ1v) is 6.65. The Bertz CT molecular complexity index is 629. The number of hydrogen-bond donors (Lipinski definition) is 0. The predicted octanol–water partition coefficient (Wildman–Crippen LogP) is 3.30. The van der Waals surface area contributed by atoms with Gasteiger partial charge in [-0.2, -0.15) is 5.06 Å². The molecule has 0 aromatic heterocycles. The molecule has 21 heavy (non-hydrogen) atoms. The van der Waals surface area contributed by atoms with Crippen molar-refractivity contribution < 1.29 is 14.6 Å². The first-order valence-electron chi connectivity index (χ1n) is 6.65. The maximum atomic E-state index is 12.5. The summed E-state index contributed by atoms with van der Waals surface area (Å²) < 4.78 is 0. The van der Waals surface area contributed by atoms with E-state index in [0.717, 1.165) is 5.57 Å². The van der Waals surface area contributed by atoms with Gasteiger partial charge in [0.2, 0.25) is 0 Å². The van der Waals surface area contributed by atoms with Gasteiger partial charge < -0.3 is 4.84 Å². The molecule has 0 bridgehead atoms. The van der Waals surface area contributed by atoms with E-state index in [-0.39, 0.29) is 16.7 Å². The predicted molar refractivity (Wildman–Crippen MR) is 77.4 cm³/mol. The van der Waals surface area contributed by atoms with Gasteiger partial charge in [0.1, 0.15) is 11.3 Å². The van der Waals surface area contributed by atoms with Crippen molar-refractivity contribution in [2.45, 2.75) is 27.7 Å². The number of benzene rings is 1. The van der Waals surface area contributed by atoms with E-state index in [0.29, 0.717) is 12.3 Å². The summed E-state index contributed by atoms with van der Waals surface area (Å²) in [6.07, 6.45) is 0. The summed E-state index contributed by atoms with van der Waals surface area (Å²) in [5, 5.41) is 12.2. The Kier molecular flexibility index (Phi) is 3.72. The van der Waals surface area contributed by atoms with Crippen LogP contribution in [0.3, 0.4) is 0 Å². The van der Waals surface area contributed by atoms with Gasteiger partial charge in [-0.3, -0.25) is 14.9 Å². The number of carbonyl (C=O) groups excluding carboxylic acids is 1. The topological polar surface area (TPSA) is 72.7 Å². The first kappa shape index (κ1) is 15.0. The molecule has 0 unspecified atom stereocenters. The molecule has 1 aliphatic rings. The van der Waals surface area contributed by atoms with Crippen molar-refractivity contribution in [2.75, 3.05) is 6.54 Å². The average molecular weight is 290 g/mol. The highest BCUT2D eigenvalue weighted by Crippen LogP contribution is 2.35. The molecule has 0 aliphatic carbocycles. The Morgan fingerprint density at radius 3 is 2.48 bits per heavy atom. The molecule has 0 spiro atoms. The van der Waals surface area contributed by atoms with Gasteiger partial charge >= 0.3 is 0 Å². The largest absolute Gasteiger partial charge is 0.381 e. The summed E-state index contributed by atoms with van der Waals surface area (Å²) in [4.78, 5) is 28.4. The molecule has 0 fully saturated rings. The van der Waals surface area contributed by atoms with Crippen LogP contribution >= 0.6 is 0 Å². The highest BCUT2D eigenvalue weighted by molar-refractivity contribution is 5.97. The Hall–Kier alpha value is -2.37. The Balaban J connectivity index is 2.27. The van der Waals surface area contributed by atoms with Crippen molar-refractivity contribution in [2.24, 2.45) is 5.41 Å². The first-order chi connectivity index (χ1) is 9.71. The Morgan fingerprint density at radius 1 is 1.33 bits per heavy atom. The van der Waals surface area contributed by atoms with Crippen LogP contribution in [0.4, 0.5) is 5.69 Å². The van der Waals surface area contributed by atoms with Crippen LogP contribution < -0.4 is 0 Å². The highest BCUT2D eigenvalue weighted by Gasteiger charge is 2.34. The Morgan fingerprint density at radius 2 is 1.95 bits per heavy atom. The lowest BCUT2D eigenvalue weighted by Gasteiger charge is -2.20. The molecular formula is C15H18N2O4. The van der Waals surface area contributed by atoms with Crippen molar-refractivity contribution in [3.63, 3.8) is 0 Å². The molecule has 1 aliphatic heterocycles. The van der Waals surface area contributed by atoms with Crippen molar-refractivity contribution in [3.05, 3.63) is 51.3 Å². The van der Waals surface area contributed by atoms with Crippen molar-refractivity contribution in [1.82, 2.24) is 5.06 Å². The van der Waals surface area contributed by atoms with Crippen molar-refractivity contribution in [1.29, 1.82) is 0 Å². The number of amides is 1. The molecule has 1 aromatic rings. The molecule has 0 N–H and O–H groups in total. The molecule has 1 amide bonds. The second-order valence-corrected chi connectivity index (χ2v) is 5.99. The van der Waals surface area contributed by atoms with Gasteiger partial charge in [0, 0.05) is 6.07 Å². The van der Waals surface area contributed by atoms with Crippen LogP contribution in [0, 0.1) is 15.5 Å². The van der Waals surface area contributed by atoms with Crippen LogP contribution in [0.2, 0.25) is 0 Å². The Labute approximate surface area is 123 Å². The SMILES string of the molecule is CC1=C(C(C)(C)C)CN(C(=O)c2ccccc2[N+](=O)[O-])O1. The molecule has 2 rings (SSSR count). The number of carbonyl (C=O) groups is 1. The molecule has 6 heteroatoms. The molecule has 1 aromatic carbocycles. The molecular weight excluding hydrogens is 272 g/mol. The summed E-state index contributed by atoms with van der Waals surface area (Å²) in [6, 6.07) is 5.88. The zero-order chi connectivity index (χ0) is 15.8. The second-order valence-electron chi connectivity index (χ2n) is 5.99. The molecule has 112 valence electrons. The third kappa shape index (κ3) is 2.89. The van der Waals surface area contributed by atoms with Crippen LogP contribution in [-0.2, 0) is 4.84 Å². The fraction of sp³-hybridized carbons (Fsp3) is 0.400. The number of hydrogen-bond acceptors (Lipinski definition) is 4. The van der Waals surface area contributed by atoms with E-state index in [1.807, 2.05) is 20.8 Å². The molecule has 1 heterocycles. The lowest BCUT2D eigenvalue weighted by Crippen LogP contribution is -2.29. The minimum atomic E-state index is -0.561. The third-order valence-corrected chi connectivity index (χ3v) is 3.44. The minimum Gasteiger partial charge on any atom is -0.381 e. The summed E-state index contributed by atoms with van der Waals surface area (Å²) in [6.45, 7) is 8.23. The number of hydroxylamine groups is 2. The summed E-state index contributed by atoms with van der Waals surface area (Å²) >= 11 is 0. The number of nitrogens with zero attached hydrogens (tertiary/aromatic N) is 2. The van der Waals surface area contributed by atoms with E-state index >= 15 is 0 Å². The van der Waals surface area contributed by atoms with Crippen molar-refractivity contribution in [3.8, 4) is 0 Å². The smallest absolute Gasteiger partial charge is 0.293 e. The van der Waals surface area contributed by atoms with Gasteiger partial charge in [-0.1, -0.05) is 32.9 Å². The normalized spacial score (nSPS) is 15.1. The van der Waals surface area contributed by atoms with Crippen LogP contribution in [-0.4, -0.2) is 22.4 Å². The van der Waals surface area contributed by atoms with Gasteiger partial charge in [0.05, 0.1) is 11.5 Å². The van der Waals surface area contributed by atoms with Gasteiger partial charge in [0.25, 0.3) is 11.6 Å². The van der Waals surface area contributed by atoms with Crippen LogP contribution in [0.5, 0.6) is 0 Å². The van der Waals surface area contributed by atoms with Crippen molar-refractivity contribution >= 4 is 11.6 Å². The van der Waals surface area contributed by atoms with Crippen LogP contribution in [0.25, 0.3) is 0 Å². The van der Waals surface area contributed by atoms with Gasteiger partial charge in [-0.25, -0.2) is 0 Å². The molecule has 0 saturated heterocycles. The fourth-order valence-corrected chi connectivity index (χ4v) is 2.33. The molecule has 6 nitrogen and oxygen atoms in total. The molecule has 0 atom stereocenters. The lowest BCUT2D eigenvalue weighted by atomic mass is 9.86. The zero-order valence-electron chi connectivity index (χ0n) is 12.5. The van der Waals surface area contributed by atoms with E-state index in [2.05, 4.69) is 0 Å². The average Bonchev–Trinajstić information content (AvgIpc) is 2.80. The fourth-order valence-electron chi connectivity index (χ4n) is 2.33. The maximum absolute atomic E-state index is 12.5. The highest BCUT2D eigenvalue weighted by atomic mass is 16.7. The standard InChI is InChI=1S/C15H18N2O4/c1-10-12(15(2,3)4)9-16(21-10)14(18)11-7-5-6-8-13(11)17(19)20/h5-8H,9H2,1-4H3. The monoisotopic (exact) mass is 290 g/mol. The number of para-hydroxylation sites is 1. The number of nitro groups is 1. The molecule has 0 radical (unpaired) electrons. The number of rotatable bonds is 2. The number of nitro benzene ring substituents is 1. The van der Waals surface area contributed by atoms with E-state index in [1.54, 1.807) is 13.0 Å². The van der Waals surface area contributed by atoms with Gasteiger partial charge in [0.15, 0.2) is 0 Å². The van der Waals surface area contributed by atoms with Gasteiger partial charge in [-0.15, -0.1) is 0 Å². The molecule has 0 saturated carbocycles. The van der Waals surface area contributed by atoms with E-state index in [1.165, 1.54) is 23.3 Å². The minimum absolute atomic E-state index is 0.0328. The zero-order valence-corrected chi connectivity index (χ0v) is 12.5. The maximum Gasteiger partial charge on any atom is 0.293 e. The van der Waals surface area contributed by atoms with Gasteiger partial charge in [-0.05, 0) is 24.0 Å². The summed E-state index contributed by atoms with van der Waals surface area (Å²) in [7, 11) is 0. The number of allylic oxidation sites excluding steroid dienone is 1. The second kappa shape index (κ2) is 5.20. The summed E-state index contributed by atoms with van der Waals surface area (Å²) in [5.41, 5.74) is 0.703. The van der Waals surface area contributed by atoms with E-state index < -0.39 is 10.8 Å². The summed E-state index contributed by atoms with van der Waals surface area (Å²) in [5.74, 6) is 0.176. The van der Waals surface area contributed by atoms with E-state index in [9.17, 15) is 14.9 Å². The van der Waals surface area contributed by atoms with Crippen LogP contribution in [0.15, 0.2) is 35.6 Å². The van der Waals surface area contributed by atoms with Crippen LogP contribution in [0.1, 0.15) is 38.1 Å². The van der Waals surface area contributed by atoms with E-state index in [4.69, 9.17) is 4.84 Å². The lowest BCUT2D eigenvalue weighted by molar-refractivity contribution is -0.385.